The zero-order chi connectivity index (χ0) is 18.2. The first-order valence-electron chi connectivity index (χ1n) is 9.25. The second-order valence-corrected chi connectivity index (χ2v) is 8.77. The van der Waals surface area contributed by atoms with Crippen LogP contribution in [0.2, 0.25) is 0 Å². The molecule has 0 radical (unpaired) electrons. The summed E-state index contributed by atoms with van der Waals surface area (Å²) in [4.78, 5) is 22.1. The van der Waals surface area contributed by atoms with Crippen molar-refractivity contribution >= 4 is 17.3 Å². The number of unbranched alkanes of at least 4 members (excludes halogenated alkanes) is 1. The highest BCUT2D eigenvalue weighted by Crippen LogP contribution is 2.54. The van der Waals surface area contributed by atoms with E-state index in [-0.39, 0.29) is 21.4 Å². The molecule has 1 saturated carbocycles. The molecule has 138 valence electrons. The summed E-state index contributed by atoms with van der Waals surface area (Å²) in [5.74, 6) is 0.819. The average molecular weight is 347 g/mol. The van der Waals surface area contributed by atoms with E-state index in [4.69, 9.17) is 0 Å². The molecule has 2 bridgehead atoms. The van der Waals surface area contributed by atoms with Crippen LogP contribution in [0.3, 0.4) is 0 Å². The Bertz CT molecular complexity index is 663. The largest absolute Gasteiger partial charge is 0.364 e. The highest BCUT2D eigenvalue weighted by molar-refractivity contribution is 5.71. The minimum absolute atomic E-state index is 0.0209. The van der Waals surface area contributed by atoms with Crippen LogP contribution >= 0.6 is 0 Å². The van der Waals surface area contributed by atoms with Crippen molar-refractivity contribution in [2.45, 2.75) is 65.8 Å². The molecule has 7 nitrogen and oxygen atoms in total. The maximum atomic E-state index is 11.8. The summed E-state index contributed by atoms with van der Waals surface area (Å²) in [6.45, 7) is 10.5. The first kappa shape index (κ1) is 17.9. The second kappa shape index (κ2) is 6.42. The normalized spacial score (nSPS) is 27.4. The van der Waals surface area contributed by atoms with Crippen LogP contribution in [0.25, 0.3) is 0 Å². The molecule has 1 aromatic heterocycles. The van der Waals surface area contributed by atoms with Crippen molar-refractivity contribution in [1.82, 2.24) is 9.97 Å². The number of aromatic nitrogens is 2. The van der Waals surface area contributed by atoms with Crippen molar-refractivity contribution in [2.24, 2.45) is 10.8 Å². The van der Waals surface area contributed by atoms with Crippen LogP contribution in [-0.4, -0.2) is 34.0 Å². The van der Waals surface area contributed by atoms with Crippen molar-refractivity contribution < 1.29 is 4.92 Å². The average Bonchev–Trinajstić information content (AvgIpc) is 2.76. The molecule has 2 fully saturated rings. The summed E-state index contributed by atoms with van der Waals surface area (Å²) in [5, 5.41) is 14.9. The van der Waals surface area contributed by atoms with Crippen LogP contribution in [0.4, 0.5) is 17.3 Å². The van der Waals surface area contributed by atoms with Gasteiger partial charge in [-0.2, -0.15) is 0 Å². The first-order chi connectivity index (χ1) is 11.7. The van der Waals surface area contributed by atoms with Crippen LogP contribution in [0.5, 0.6) is 0 Å². The number of nitro groups is 1. The van der Waals surface area contributed by atoms with Gasteiger partial charge in [0.2, 0.25) is 11.6 Å². The molecule has 1 aromatic rings. The molecule has 1 saturated heterocycles. The van der Waals surface area contributed by atoms with Gasteiger partial charge in [0.25, 0.3) is 0 Å². The van der Waals surface area contributed by atoms with E-state index in [2.05, 4.69) is 47.9 Å². The number of hydrogen-bond donors (Lipinski definition) is 1. The van der Waals surface area contributed by atoms with E-state index in [0.29, 0.717) is 24.2 Å². The summed E-state index contributed by atoms with van der Waals surface area (Å²) in [6.07, 6.45) is 6.70. The lowest BCUT2D eigenvalue weighted by molar-refractivity contribution is -0.383. The number of nitrogens with one attached hydrogen (secondary N) is 1. The molecule has 1 aliphatic heterocycles. The molecule has 7 heteroatoms. The van der Waals surface area contributed by atoms with Gasteiger partial charge in [0.1, 0.15) is 6.33 Å². The Morgan fingerprint density at radius 1 is 1.36 bits per heavy atom. The predicted molar refractivity (Wildman–Crippen MR) is 99.0 cm³/mol. The third kappa shape index (κ3) is 3.55. The molecule has 1 aliphatic carbocycles. The molecule has 2 aliphatic rings. The van der Waals surface area contributed by atoms with E-state index < -0.39 is 0 Å². The van der Waals surface area contributed by atoms with Crippen molar-refractivity contribution in [1.29, 1.82) is 0 Å². The molecule has 25 heavy (non-hydrogen) atoms. The third-order valence-electron chi connectivity index (χ3n) is 5.50. The van der Waals surface area contributed by atoms with E-state index in [1.54, 1.807) is 0 Å². The van der Waals surface area contributed by atoms with Gasteiger partial charge in [-0.1, -0.05) is 34.1 Å². The second-order valence-electron chi connectivity index (χ2n) is 8.77. The Balaban J connectivity index is 1.95. The molecule has 3 rings (SSSR count). The van der Waals surface area contributed by atoms with Crippen LogP contribution < -0.4 is 10.2 Å². The van der Waals surface area contributed by atoms with Gasteiger partial charge in [0, 0.05) is 19.1 Å². The Morgan fingerprint density at radius 3 is 2.80 bits per heavy atom. The van der Waals surface area contributed by atoms with Crippen LogP contribution in [0.15, 0.2) is 6.33 Å². The maximum absolute atomic E-state index is 11.8. The van der Waals surface area contributed by atoms with Crippen LogP contribution in [-0.2, 0) is 0 Å². The van der Waals surface area contributed by atoms with E-state index in [1.165, 1.54) is 6.33 Å². The van der Waals surface area contributed by atoms with Crippen molar-refractivity contribution in [2.75, 3.05) is 23.3 Å². The number of nitrogens with zero attached hydrogens (tertiary/aromatic N) is 4. The van der Waals surface area contributed by atoms with E-state index in [0.717, 1.165) is 38.6 Å². The van der Waals surface area contributed by atoms with Crippen LogP contribution in [0, 0.1) is 20.9 Å². The Labute approximate surface area is 149 Å². The Hall–Kier alpha value is -1.92. The summed E-state index contributed by atoms with van der Waals surface area (Å²) >= 11 is 0. The molecule has 2 heterocycles. The van der Waals surface area contributed by atoms with Gasteiger partial charge < -0.3 is 10.2 Å². The monoisotopic (exact) mass is 347 g/mol. The minimum atomic E-state index is -0.334. The lowest BCUT2D eigenvalue weighted by atomic mass is 9.65. The summed E-state index contributed by atoms with van der Waals surface area (Å²) in [5.41, 5.74) is 0.477. The van der Waals surface area contributed by atoms with Gasteiger partial charge in [-0.3, -0.25) is 10.1 Å². The van der Waals surface area contributed by atoms with E-state index in [9.17, 15) is 10.1 Å². The quantitative estimate of drug-likeness (QED) is 0.476. The highest BCUT2D eigenvalue weighted by atomic mass is 16.6. The fraction of sp³-hybridized carbons (Fsp3) is 0.778. The highest BCUT2D eigenvalue weighted by Gasteiger charge is 2.51. The lowest BCUT2D eigenvalue weighted by Crippen LogP contribution is -2.35. The standard InChI is InChI=1S/C18H29N5O2/c1-5-6-7-19-15-14(23(24)25)16(21-12-20-15)22-11-18(4)9-13(22)8-17(2,3)10-18/h12-13H,5-11H2,1-4H3,(H,19,20,21). The smallest absolute Gasteiger partial charge is 0.353 e. The lowest BCUT2D eigenvalue weighted by Gasteiger charge is -2.39. The molecule has 0 amide bonds. The van der Waals surface area contributed by atoms with Gasteiger partial charge >= 0.3 is 5.69 Å². The number of rotatable bonds is 6. The Morgan fingerprint density at radius 2 is 2.12 bits per heavy atom. The van der Waals surface area contributed by atoms with E-state index in [1.807, 2.05) is 0 Å². The zero-order valence-corrected chi connectivity index (χ0v) is 15.7. The maximum Gasteiger partial charge on any atom is 0.353 e. The predicted octanol–water partition coefficient (Wildman–Crippen LogP) is 4.00. The Kier molecular flexibility index (Phi) is 4.60. The number of fused-ring (bicyclic) bond motifs is 2. The molecule has 0 aromatic carbocycles. The fourth-order valence-corrected chi connectivity index (χ4v) is 4.97. The van der Waals surface area contributed by atoms with Gasteiger partial charge in [0.05, 0.1) is 4.92 Å². The fourth-order valence-electron chi connectivity index (χ4n) is 4.97. The number of anilines is 2. The van der Waals surface area contributed by atoms with Crippen molar-refractivity contribution in [3.05, 3.63) is 16.4 Å². The zero-order valence-electron chi connectivity index (χ0n) is 15.7. The minimum Gasteiger partial charge on any atom is -0.364 e. The van der Waals surface area contributed by atoms with Gasteiger partial charge in [0.15, 0.2) is 0 Å². The molecular formula is C18H29N5O2. The summed E-state index contributed by atoms with van der Waals surface area (Å²) in [6, 6.07) is 0.311. The molecule has 0 spiro atoms. The van der Waals surface area contributed by atoms with E-state index >= 15 is 0 Å². The SMILES string of the molecule is CCCCNc1ncnc(N2CC3(C)CC2CC(C)(C)C3)c1[N+](=O)[O-]. The summed E-state index contributed by atoms with van der Waals surface area (Å²) < 4.78 is 0. The third-order valence-corrected chi connectivity index (χ3v) is 5.50. The number of hydrogen-bond acceptors (Lipinski definition) is 6. The van der Waals surface area contributed by atoms with Crippen molar-refractivity contribution in [3.63, 3.8) is 0 Å². The van der Waals surface area contributed by atoms with Crippen LogP contribution in [0.1, 0.15) is 59.8 Å². The molecule has 2 unspecified atom stereocenters. The molecular weight excluding hydrogens is 318 g/mol. The van der Waals surface area contributed by atoms with Gasteiger partial charge in [-0.15, -0.1) is 0 Å². The van der Waals surface area contributed by atoms with Gasteiger partial charge in [-0.05, 0) is 36.5 Å². The van der Waals surface area contributed by atoms with Crippen molar-refractivity contribution in [3.8, 4) is 0 Å². The molecule has 2 atom stereocenters. The molecule has 1 N–H and O–H groups in total. The van der Waals surface area contributed by atoms with Gasteiger partial charge in [-0.25, -0.2) is 9.97 Å². The first-order valence-corrected chi connectivity index (χ1v) is 9.25. The topological polar surface area (TPSA) is 84.2 Å². The summed E-state index contributed by atoms with van der Waals surface area (Å²) in [7, 11) is 0.